The number of benzene rings is 2. The smallest absolute Gasteiger partial charge is 0.119 e. The first-order valence-corrected chi connectivity index (χ1v) is 7.24. The topological polar surface area (TPSA) is 45.1 Å². The minimum Gasteiger partial charge on any atom is -0.508 e. The zero-order valence-corrected chi connectivity index (χ0v) is 11.6. The van der Waals surface area contributed by atoms with E-state index in [0.717, 1.165) is 35.0 Å². The van der Waals surface area contributed by atoms with Gasteiger partial charge in [-0.3, -0.25) is 4.98 Å². The molecule has 2 N–H and O–H groups in total. The summed E-state index contributed by atoms with van der Waals surface area (Å²) >= 11 is 0. The number of phenols is 1. The van der Waals surface area contributed by atoms with Gasteiger partial charge in [0.05, 0.1) is 11.6 Å². The molecule has 1 aliphatic rings. The van der Waals surface area contributed by atoms with Crippen LogP contribution in [0.1, 0.15) is 23.6 Å². The van der Waals surface area contributed by atoms with Crippen LogP contribution in [0.3, 0.4) is 0 Å². The molecule has 1 heterocycles. The fourth-order valence-electron chi connectivity index (χ4n) is 3.20. The van der Waals surface area contributed by atoms with Crippen molar-refractivity contribution >= 4 is 16.6 Å². The number of phenolic OH excluding ortho intramolecular Hbond substituents is 1. The quantitative estimate of drug-likeness (QED) is 0.742. The average Bonchev–Trinajstić information content (AvgIpc) is 2.92. The van der Waals surface area contributed by atoms with Gasteiger partial charge in [0.2, 0.25) is 0 Å². The Morgan fingerprint density at radius 2 is 1.95 bits per heavy atom. The molecule has 3 heteroatoms. The number of fused-ring (bicyclic) bond motifs is 2. The minimum absolute atomic E-state index is 0.248. The largest absolute Gasteiger partial charge is 0.508 e. The summed E-state index contributed by atoms with van der Waals surface area (Å²) in [5.74, 6) is 0.413. The molecule has 0 saturated heterocycles. The Hall–Kier alpha value is -2.55. The highest BCUT2D eigenvalue weighted by Gasteiger charge is 2.24. The summed E-state index contributed by atoms with van der Waals surface area (Å²) in [5, 5.41) is 14.7. The molecule has 0 fully saturated rings. The van der Waals surface area contributed by atoms with Gasteiger partial charge in [0, 0.05) is 17.3 Å². The van der Waals surface area contributed by atoms with Gasteiger partial charge in [0.15, 0.2) is 0 Å². The lowest BCUT2D eigenvalue weighted by molar-refractivity contribution is 0.469. The molecule has 104 valence electrons. The third-order valence-electron chi connectivity index (χ3n) is 4.22. The molecule has 0 spiro atoms. The van der Waals surface area contributed by atoms with Crippen LogP contribution in [0.15, 0.2) is 54.7 Å². The lowest BCUT2D eigenvalue weighted by atomic mass is 10.1. The van der Waals surface area contributed by atoms with Crippen LogP contribution in [0.5, 0.6) is 5.75 Å². The monoisotopic (exact) mass is 276 g/mol. The number of anilines is 1. The molecular weight excluding hydrogens is 260 g/mol. The summed E-state index contributed by atoms with van der Waals surface area (Å²) in [6.07, 6.45) is 3.74. The van der Waals surface area contributed by atoms with Gasteiger partial charge in [-0.1, -0.05) is 18.2 Å². The molecule has 0 aliphatic heterocycles. The molecule has 0 amide bonds. The van der Waals surface area contributed by atoms with E-state index in [-0.39, 0.29) is 6.04 Å². The second-order valence-electron chi connectivity index (χ2n) is 5.46. The van der Waals surface area contributed by atoms with Crippen molar-refractivity contribution in [2.75, 3.05) is 5.32 Å². The van der Waals surface area contributed by atoms with Crippen LogP contribution in [-0.2, 0) is 6.42 Å². The summed E-state index contributed by atoms with van der Waals surface area (Å²) < 4.78 is 0. The predicted octanol–water partition coefficient (Wildman–Crippen LogP) is 4.04. The van der Waals surface area contributed by atoms with E-state index in [0.29, 0.717) is 5.75 Å². The highest BCUT2D eigenvalue weighted by molar-refractivity contribution is 5.91. The van der Waals surface area contributed by atoms with Gasteiger partial charge in [0.25, 0.3) is 0 Å². The molecule has 1 unspecified atom stereocenters. The number of rotatable bonds is 2. The van der Waals surface area contributed by atoms with Crippen LogP contribution >= 0.6 is 0 Å². The summed E-state index contributed by atoms with van der Waals surface area (Å²) in [6, 6.07) is 16.2. The summed E-state index contributed by atoms with van der Waals surface area (Å²) in [4.78, 5) is 4.39. The van der Waals surface area contributed by atoms with E-state index >= 15 is 0 Å². The first-order valence-electron chi connectivity index (χ1n) is 7.24. The number of nitrogens with one attached hydrogen (secondary N) is 1. The predicted molar refractivity (Wildman–Crippen MR) is 84.5 cm³/mol. The van der Waals surface area contributed by atoms with E-state index in [9.17, 15) is 5.11 Å². The van der Waals surface area contributed by atoms with E-state index in [2.05, 4.69) is 28.5 Å². The Morgan fingerprint density at radius 3 is 2.90 bits per heavy atom. The van der Waals surface area contributed by atoms with Crippen molar-refractivity contribution in [3.05, 3.63) is 65.9 Å². The van der Waals surface area contributed by atoms with Gasteiger partial charge < -0.3 is 10.4 Å². The van der Waals surface area contributed by atoms with Gasteiger partial charge in [-0.05, 0) is 54.3 Å². The molecule has 21 heavy (non-hydrogen) atoms. The van der Waals surface area contributed by atoms with E-state index < -0.39 is 0 Å². The zero-order valence-electron chi connectivity index (χ0n) is 11.6. The second-order valence-corrected chi connectivity index (χ2v) is 5.46. The van der Waals surface area contributed by atoms with Crippen LogP contribution in [0.2, 0.25) is 0 Å². The Morgan fingerprint density at radius 1 is 1.05 bits per heavy atom. The molecule has 3 aromatic rings. The van der Waals surface area contributed by atoms with E-state index in [1.165, 1.54) is 5.56 Å². The van der Waals surface area contributed by atoms with Crippen molar-refractivity contribution in [2.24, 2.45) is 0 Å². The van der Waals surface area contributed by atoms with Crippen LogP contribution in [0.25, 0.3) is 10.9 Å². The van der Waals surface area contributed by atoms with Crippen molar-refractivity contribution < 1.29 is 5.11 Å². The van der Waals surface area contributed by atoms with Crippen LogP contribution < -0.4 is 5.32 Å². The van der Waals surface area contributed by atoms with Crippen LogP contribution in [-0.4, -0.2) is 10.1 Å². The molecule has 4 rings (SSSR count). The van der Waals surface area contributed by atoms with Gasteiger partial charge in [-0.15, -0.1) is 0 Å². The third kappa shape index (κ3) is 2.02. The Balaban J connectivity index is 1.73. The van der Waals surface area contributed by atoms with Crippen molar-refractivity contribution in [2.45, 2.75) is 18.9 Å². The summed E-state index contributed by atoms with van der Waals surface area (Å²) in [5.41, 5.74) is 4.38. The summed E-state index contributed by atoms with van der Waals surface area (Å²) in [6.45, 7) is 0. The van der Waals surface area contributed by atoms with E-state index in [1.54, 1.807) is 6.07 Å². The van der Waals surface area contributed by atoms with Crippen molar-refractivity contribution in [1.82, 2.24) is 4.98 Å². The highest BCUT2D eigenvalue weighted by atomic mass is 16.3. The SMILES string of the molecule is Oc1cccc2c1CCC2Nc1cccc2ncccc12. The fraction of sp³-hybridized carbons (Fsp3) is 0.167. The second kappa shape index (κ2) is 4.77. The molecular formula is C18H16N2O. The Labute approximate surface area is 123 Å². The number of hydrogen-bond donors (Lipinski definition) is 2. The Bertz CT molecular complexity index is 808. The number of aromatic hydroxyl groups is 1. The van der Waals surface area contributed by atoms with Crippen LogP contribution in [0, 0.1) is 0 Å². The van der Waals surface area contributed by atoms with E-state index in [1.807, 2.05) is 30.5 Å². The third-order valence-corrected chi connectivity index (χ3v) is 4.22. The number of nitrogens with zero attached hydrogens (tertiary/aromatic N) is 1. The fourth-order valence-corrected chi connectivity index (χ4v) is 3.20. The molecule has 0 bridgehead atoms. The van der Waals surface area contributed by atoms with Crippen LogP contribution in [0.4, 0.5) is 5.69 Å². The number of aromatic nitrogens is 1. The molecule has 1 aliphatic carbocycles. The molecule has 2 aromatic carbocycles. The van der Waals surface area contributed by atoms with Gasteiger partial charge >= 0.3 is 0 Å². The Kier molecular flexibility index (Phi) is 2.78. The van der Waals surface area contributed by atoms with Crippen molar-refractivity contribution in [3.8, 4) is 5.75 Å². The van der Waals surface area contributed by atoms with E-state index in [4.69, 9.17) is 0 Å². The number of hydrogen-bond acceptors (Lipinski definition) is 3. The van der Waals surface area contributed by atoms with Gasteiger partial charge in [-0.2, -0.15) is 0 Å². The molecule has 0 saturated carbocycles. The molecule has 1 atom stereocenters. The minimum atomic E-state index is 0.248. The maximum Gasteiger partial charge on any atom is 0.119 e. The summed E-state index contributed by atoms with van der Waals surface area (Å²) in [7, 11) is 0. The maximum atomic E-state index is 9.95. The zero-order chi connectivity index (χ0) is 14.2. The van der Waals surface area contributed by atoms with Crippen molar-refractivity contribution in [1.29, 1.82) is 0 Å². The molecule has 3 nitrogen and oxygen atoms in total. The normalized spacial score (nSPS) is 16.9. The molecule has 1 aromatic heterocycles. The standard InChI is InChI=1S/C18H16N2O/c21-18-8-1-4-12-13(18)9-10-17(12)20-16-7-2-6-15-14(16)5-3-11-19-15/h1-8,11,17,20-21H,9-10H2. The lowest BCUT2D eigenvalue weighted by Crippen LogP contribution is -2.07. The lowest BCUT2D eigenvalue weighted by Gasteiger charge is -2.17. The first kappa shape index (κ1) is 12.2. The maximum absolute atomic E-state index is 9.95. The molecule has 0 radical (unpaired) electrons. The van der Waals surface area contributed by atoms with Crippen molar-refractivity contribution in [3.63, 3.8) is 0 Å². The van der Waals surface area contributed by atoms with Gasteiger partial charge in [0.1, 0.15) is 5.75 Å². The first-order chi connectivity index (χ1) is 10.3. The number of pyridine rings is 1. The highest BCUT2D eigenvalue weighted by Crippen LogP contribution is 2.39. The van der Waals surface area contributed by atoms with Gasteiger partial charge in [-0.25, -0.2) is 0 Å². The average molecular weight is 276 g/mol.